The Labute approximate surface area is 365 Å². The second-order valence-corrected chi connectivity index (χ2v) is 16.9. The van der Waals surface area contributed by atoms with Crippen LogP contribution in [0.2, 0.25) is 0 Å². The molecule has 59 heavy (non-hydrogen) atoms. The van der Waals surface area contributed by atoms with Gasteiger partial charge in [-0.2, -0.15) is 0 Å². The number of carbonyl (C=O) groups excluding carboxylic acids is 2. The molecule has 0 saturated heterocycles. The van der Waals surface area contributed by atoms with Crippen molar-refractivity contribution in [2.75, 3.05) is 6.61 Å². The number of carbonyl (C=O) groups is 2. The molecule has 0 spiro atoms. The molecule has 0 aromatic carbocycles. The van der Waals surface area contributed by atoms with E-state index in [0.29, 0.717) is 19.3 Å². The lowest BCUT2D eigenvalue weighted by molar-refractivity contribution is -0.151. The van der Waals surface area contributed by atoms with E-state index in [-0.39, 0.29) is 24.9 Å². The maximum atomic E-state index is 13.2. The van der Waals surface area contributed by atoms with E-state index >= 15 is 0 Å². The molecule has 342 valence electrons. The average Bonchev–Trinajstić information content (AvgIpc) is 3.23. The summed E-state index contributed by atoms with van der Waals surface area (Å²) in [7, 11) is 0. The number of amides is 1. The molecule has 3 atom stereocenters. The monoisotopic (exact) mass is 826 g/mol. The second-order valence-electron chi connectivity index (χ2n) is 16.9. The Kier molecular flexibility index (Phi) is 44.7. The largest absolute Gasteiger partial charge is 0.462 e. The van der Waals surface area contributed by atoms with Gasteiger partial charge in [-0.3, -0.25) is 9.59 Å². The molecule has 0 radical (unpaired) electrons. The van der Waals surface area contributed by atoms with Gasteiger partial charge in [-0.15, -0.1) is 0 Å². The summed E-state index contributed by atoms with van der Waals surface area (Å²) in [5.41, 5.74) is 0. The molecule has 0 aromatic rings. The second kappa shape index (κ2) is 46.6. The number of hydrogen-bond acceptors (Lipinski definition) is 5. The standard InChI is InChI=1S/C53H95NO5/c1-4-7-10-13-16-19-22-24-25-26-28-31-34-37-40-43-46-53(58)59-49(44-41-38-35-32-29-21-18-15-12-9-6-3)47-52(57)54-50(48-55)51(56)45-42-39-36-33-30-27-23-20-17-14-11-8-5-2/h9,12,15,18,21,25-26,28-29,31,49-51,55-56H,4-8,10-11,13-14,16-17,19-20,22-24,27,30,32-48H2,1-3H3,(H,54,57)/b12-9+,18-15+,26-25+,29-21-,31-28+. The zero-order chi connectivity index (χ0) is 43.1. The molecule has 0 bridgehead atoms. The Morgan fingerprint density at radius 1 is 0.508 bits per heavy atom. The maximum absolute atomic E-state index is 13.2. The summed E-state index contributed by atoms with van der Waals surface area (Å²) in [5, 5.41) is 23.7. The van der Waals surface area contributed by atoms with E-state index in [2.05, 4.69) is 74.7 Å². The van der Waals surface area contributed by atoms with Crippen LogP contribution in [0.3, 0.4) is 0 Å². The quantitative estimate of drug-likeness (QED) is 0.0323. The topological polar surface area (TPSA) is 95.9 Å². The van der Waals surface area contributed by atoms with Crippen molar-refractivity contribution in [3.8, 4) is 0 Å². The third-order valence-corrected chi connectivity index (χ3v) is 11.2. The van der Waals surface area contributed by atoms with Crippen LogP contribution in [-0.4, -0.2) is 46.9 Å². The third-order valence-electron chi connectivity index (χ3n) is 11.2. The molecule has 1 amide bonds. The highest BCUT2D eigenvalue weighted by atomic mass is 16.5. The van der Waals surface area contributed by atoms with Crippen LogP contribution >= 0.6 is 0 Å². The smallest absolute Gasteiger partial charge is 0.306 e. The third kappa shape index (κ3) is 42.1. The van der Waals surface area contributed by atoms with Gasteiger partial charge in [0.05, 0.1) is 25.2 Å². The number of unbranched alkanes of at least 4 members (excludes halogenated alkanes) is 25. The number of aliphatic hydroxyl groups excluding tert-OH is 2. The number of allylic oxidation sites excluding steroid dienone is 10. The lowest BCUT2D eigenvalue weighted by Gasteiger charge is -2.24. The van der Waals surface area contributed by atoms with Crippen LogP contribution in [0.4, 0.5) is 0 Å². The number of ether oxygens (including phenoxy) is 1. The van der Waals surface area contributed by atoms with Gasteiger partial charge < -0.3 is 20.3 Å². The highest BCUT2D eigenvalue weighted by molar-refractivity contribution is 5.77. The normalized spacial score (nSPS) is 13.8. The van der Waals surface area contributed by atoms with E-state index < -0.39 is 18.2 Å². The van der Waals surface area contributed by atoms with Gasteiger partial charge in [0.1, 0.15) is 6.10 Å². The Morgan fingerprint density at radius 2 is 0.915 bits per heavy atom. The maximum Gasteiger partial charge on any atom is 0.306 e. The number of hydrogen-bond donors (Lipinski definition) is 3. The van der Waals surface area contributed by atoms with Gasteiger partial charge >= 0.3 is 5.97 Å². The first-order valence-corrected chi connectivity index (χ1v) is 25.1. The molecule has 0 aliphatic rings. The summed E-state index contributed by atoms with van der Waals surface area (Å²) in [5.74, 6) is -0.541. The highest BCUT2D eigenvalue weighted by Crippen LogP contribution is 2.17. The molecule has 0 heterocycles. The SMILES string of the molecule is CC/C=C/C=C/C=C\CCCCCC(CC(=O)NC(CO)C(O)CCCCCCCCCCCCCCC)OC(=O)CCCCC/C=C/C=C/CCCCCCCCC. The molecular formula is C53H95NO5. The van der Waals surface area contributed by atoms with E-state index in [4.69, 9.17) is 4.74 Å². The average molecular weight is 826 g/mol. The van der Waals surface area contributed by atoms with Gasteiger partial charge in [-0.25, -0.2) is 0 Å². The molecular weight excluding hydrogens is 731 g/mol. The first kappa shape index (κ1) is 56.6. The van der Waals surface area contributed by atoms with Crippen LogP contribution < -0.4 is 5.32 Å². The van der Waals surface area contributed by atoms with Crippen LogP contribution in [0.5, 0.6) is 0 Å². The summed E-state index contributed by atoms with van der Waals surface area (Å²) in [4.78, 5) is 26.1. The molecule has 3 unspecified atom stereocenters. The zero-order valence-electron chi connectivity index (χ0n) is 38.9. The van der Waals surface area contributed by atoms with Crippen molar-refractivity contribution in [3.63, 3.8) is 0 Å². The van der Waals surface area contributed by atoms with Gasteiger partial charge in [0.15, 0.2) is 0 Å². The van der Waals surface area contributed by atoms with Gasteiger partial charge in [-0.05, 0) is 70.6 Å². The molecule has 6 heteroatoms. The van der Waals surface area contributed by atoms with Crippen LogP contribution in [0.25, 0.3) is 0 Å². The van der Waals surface area contributed by atoms with Crippen LogP contribution in [0.1, 0.15) is 239 Å². The molecule has 0 aliphatic heterocycles. The Morgan fingerprint density at radius 3 is 1.41 bits per heavy atom. The Hall–Kier alpha value is -2.44. The minimum atomic E-state index is -0.802. The molecule has 0 aliphatic carbocycles. The Bertz CT molecular complexity index is 1060. The van der Waals surface area contributed by atoms with Gasteiger partial charge in [-0.1, -0.05) is 216 Å². The molecule has 0 rings (SSSR count). The van der Waals surface area contributed by atoms with Crippen LogP contribution in [-0.2, 0) is 14.3 Å². The molecule has 0 saturated carbocycles. The molecule has 0 fully saturated rings. The van der Waals surface area contributed by atoms with Gasteiger partial charge in [0.25, 0.3) is 0 Å². The molecule has 6 nitrogen and oxygen atoms in total. The minimum absolute atomic E-state index is 0.0426. The fraction of sp³-hybridized carbons (Fsp3) is 0.774. The molecule has 0 aromatic heterocycles. The van der Waals surface area contributed by atoms with Crippen molar-refractivity contribution >= 4 is 11.9 Å². The first-order chi connectivity index (χ1) is 29.0. The van der Waals surface area contributed by atoms with E-state index in [1.54, 1.807) is 0 Å². The number of aliphatic hydroxyl groups is 2. The first-order valence-electron chi connectivity index (χ1n) is 25.1. The van der Waals surface area contributed by atoms with E-state index in [9.17, 15) is 19.8 Å². The van der Waals surface area contributed by atoms with E-state index in [1.165, 1.54) is 109 Å². The van der Waals surface area contributed by atoms with Crippen molar-refractivity contribution in [2.24, 2.45) is 0 Å². The lowest BCUT2D eigenvalue weighted by atomic mass is 10.0. The van der Waals surface area contributed by atoms with E-state index in [1.807, 2.05) is 12.2 Å². The fourth-order valence-electron chi connectivity index (χ4n) is 7.36. The molecule has 3 N–H and O–H groups in total. The predicted molar refractivity (Wildman–Crippen MR) is 255 cm³/mol. The summed E-state index contributed by atoms with van der Waals surface area (Å²) < 4.78 is 5.89. The zero-order valence-corrected chi connectivity index (χ0v) is 38.9. The number of esters is 1. The highest BCUT2D eigenvalue weighted by Gasteiger charge is 2.24. The summed E-state index contributed by atoms with van der Waals surface area (Å²) in [6.45, 7) is 6.32. The number of nitrogens with one attached hydrogen (secondary N) is 1. The summed E-state index contributed by atoms with van der Waals surface area (Å²) >= 11 is 0. The van der Waals surface area contributed by atoms with E-state index in [0.717, 1.165) is 83.5 Å². The van der Waals surface area contributed by atoms with Gasteiger partial charge in [0.2, 0.25) is 5.91 Å². The summed E-state index contributed by atoms with van der Waals surface area (Å²) in [6.07, 6.45) is 57.1. The predicted octanol–water partition coefficient (Wildman–Crippen LogP) is 14.8. The van der Waals surface area contributed by atoms with Crippen molar-refractivity contribution in [1.29, 1.82) is 0 Å². The van der Waals surface area contributed by atoms with Gasteiger partial charge in [0, 0.05) is 6.42 Å². The number of rotatable bonds is 44. The minimum Gasteiger partial charge on any atom is -0.462 e. The van der Waals surface area contributed by atoms with Crippen molar-refractivity contribution in [2.45, 2.75) is 257 Å². The Balaban J connectivity index is 4.62. The van der Waals surface area contributed by atoms with Crippen molar-refractivity contribution in [3.05, 3.63) is 60.8 Å². The fourth-order valence-corrected chi connectivity index (χ4v) is 7.36. The van der Waals surface area contributed by atoms with Crippen LogP contribution in [0.15, 0.2) is 60.8 Å². The van der Waals surface area contributed by atoms with Crippen molar-refractivity contribution < 1.29 is 24.5 Å². The lowest BCUT2D eigenvalue weighted by Crippen LogP contribution is -2.46. The summed E-state index contributed by atoms with van der Waals surface area (Å²) in [6, 6.07) is -0.718. The van der Waals surface area contributed by atoms with Crippen LogP contribution in [0, 0.1) is 0 Å². The van der Waals surface area contributed by atoms with Crippen molar-refractivity contribution in [1.82, 2.24) is 5.32 Å².